The molecule has 1 N–H and O–H groups in total. The number of carbonyl (C=O) groups is 1. The number of hydrogen-bond acceptors (Lipinski definition) is 3. The van der Waals surface area contributed by atoms with Gasteiger partial charge in [0, 0.05) is 23.7 Å². The first-order valence-electron chi connectivity index (χ1n) is 6.15. The van der Waals surface area contributed by atoms with Crippen LogP contribution in [0.2, 0.25) is 0 Å². The molecule has 1 aromatic rings. The van der Waals surface area contributed by atoms with E-state index in [-0.39, 0.29) is 11.6 Å². The number of carbonyl (C=O) groups excluding carboxylic acids is 1. The van der Waals surface area contributed by atoms with Crippen molar-refractivity contribution in [1.29, 1.82) is 0 Å². The molecule has 0 aliphatic rings. The van der Waals surface area contributed by atoms with E-state index in [1.165, 1.54) is 6.07 Å². The molecule has 0 atom stereocenters. The SMILES string of the molecule is CCCCC(=O)Nc1ccc(CC)c([N+](=O)[O-])c1. The van der Waals surface area contributed by atoms with Crippen molar-refractivity contribution >= 4 is 17.3 Å². The predicted molar refractivity (Wildman–Crippen MR) is 70.6 cm³/mol. The smallest absolute Gasteiger partial charge is 0.274 e. The molecule has 1 rings (SSSR count). The van der Waals surface area contributed by atoms with Crippen LogP contribution in [0, 0.1) is 10.1 Å². The average molecular weight is 250 g/mol. The quantitative estimate of drug-likeness (QED) is 0.622. The van der Waals surface area contributed by atoms with Crippen LogP contribution in [0.15, 0.2) is 18.2 Å². The van der Waals surface area contributed by atoms with Gasteiger partial charge in [-0.05, 0) is 18.9 Å². The number of nitro groups is 1. The molecule has 98 valence electrons. The highest BCUT2D eigenvalue weighted by molar-refractivity contribution is 5.91. The molecule has 0 aliphatic carbocycles. The Morgan fingerprint density at radius 3 is 2.67 bits per heavy atom. The predicted octanol–water partition coefficient (Wildman–Crippen LogP) is 3.29. The molecule has 18 heavy (non-hydrogen) atoms. The first-order valence-corrected chi connectivity index (χ1v) is 6.15. The standard InChI is InChI=1S/C13H18N2O3/c1-3-5-6-13(16)14-11-8-7-10(4-2)12(9-11)15(17)18/h7-9H,3-6H2,1-2H3,(H,14,16). The minimum Gasteiger partial charge on any atom is -0.326 e. The van der Waals surface area contributed by atoms with Gasteiger partial charge in [0.1, 0.15) is 0 Å². The maximum absolute atomic E-state index is 11.5. The first kappa shape index (κ1) is 14.2. The molecule has 0 bridgehead atoms. The minimum absolute atomic E-state index is 0.0609. The van der Waals surface area contributed by atoms with Gasteiger partial charge in [-0.15, -0.1) is 0 Å². The van der Waals surface area contributed by atoms with Gasteiger partial charge in [-0.1, -0.05) is 26.3 Å². The highest BCUT2D eigenvalue weighted by atomic mass is 16.6. The monoisotopic (exact) mass is 250 g/mol. The molecule has 0 aliphatic heterocycles. The number of benzene rings is 1. The fourth-order valence-corrected chi connectivity index (χ4v) is 1.67. The largest absolute Gasteiger partial charge is 0.326 e. The van der Waals surface area contributed by atoms with Crippen LogP contribution in [0.3, 0.4) is 0 Å². The lowest BCUT2D eigenvalue weighted by molar-refractivity contribution is -0.385. The molecule has 1 aromatic carbocycles. The van der Waals surface area contributed by atoms with Crippen molar-refractivity contribution in [3.05, 3.63) is 33.9 Å². The summed E-state index contributed by atoms with van der Waals surface area (Å²) in [5, 5.41) is 13.6. The second kappa shape index (κ2) is 6.74. The lowest BCUT2D eigenvalue weighted by Gasteiger charge is -2.06. The summed E-state index contributed by atoms with van der Waals surface area (Å²) in [5.41, 5.74) is 1.22. The molecule has 0 saturated carbocycles. The summed E-state index contributed by atoms with van der Waals surface area (Å²) in [6.45, 7) is 3.87. The Labute approximate surface area is 106 Å². The van der Waals surface area contributed by atoms with Crippen LogP contribution in [0.1, 0.15) is 38.7 Å². The second-order valence-corrected chi connectivity index (χ2v) is 4.11. The van der Waals surface area contributed by atoms with E-state index in [4.69, 9.17) is 0 Å². The molecule has 0 saturated heterocycles. The number of nitro benzene ring substituents is 1. The molecule has 0 fully saturated rings. The van der Waals surface area contributed by atoms with Crippen LogP contribution in [0.5, 0.6) is 0 Å². The van der Waals surface area contributed by atoms with Gasteiger partial charge in [0.15, 0.2) is 0 Å². The van der Waals surface area contributed by atoms with Crippen molar-refractivity contribution in [3.63, 3.8) is 0 Å². The molecule has 0 aromatic heterocycles. The number of rotatable bonds is 6. The van der Waals surface area contributed by atoms with Crippen molar-refractivity contribution in [2.45, 2.75) is 39.5 Å². The van der Waals surface area contributed by atoms with Gasteiger partial charge >= 0.3 is 0 Å². The van der Waals surface area contributed by atoms with Gasteiger partial charge in [-0.3, -0.25) is 14.9 Å². The molecule has 0 radical (unpaired) electrons. The summed E-state index contributed by atoms with van der Waals surface area (Å²) in [6.07, 6.45) is 2.81. The van der Waals surface area contributed by atoms with Gasteiger partial charge in [0.2, 0.25) is 5.91 Å². The maximum Gasteiger partial charge on any atom is 0.274 e. The van der Waals surface area contributed by atoms with E-state index < -0.39 is 4.92 Å². The zero-order valence-electron chi connectivity index (χ0n) is 10.7. The third-order valence-electron chi connectivity index (χ3n) is 2.70. The van der Waals surface area contributed by atoms with Gasteiger partial charge in [0.05, 0.1) is 4.92 Å². The minimum atomic E-state index is -0.416. The van der Waals surface area contributed by atoms with E-state index in [0.717, 1.165) is 12.8 Å². The first-order chi connectivity index (χ1) is 8.58. The number of nitrogens with one attached hydrogen (secondary N) is 1. The molecule has 5 nitrogen and oxygen atoms in total. The summed E-state index contributed by atoms with van der Waals surface area (Å²) in [7, 11) is 0. The third kappa shape index (κ3) is 3.84. The third-order valence-corrected chi connectivity index (χ3v) is 2.70. The average Bonchev–Trinajstić information content (AvgIpc) is 2.36. The Bertz CT molecular complexity index is 444. The van der Waals surface area contributed by atoms with Crippen molar-refractivity contribution in [1.82, 2.24) is 0 Å². The van der Waals surface area contributed by atoms with Crippen LogP contribution in [-0.4, -0.2) is 10.8 Å². The number of nitrogens with zero attached hydrogens (tertiary/aromatic N) is 1. The topological polar surface area (TPSA) is 72.2 Å². The number of unbranched alkanes of at least 4 members (excludes halogenated alkanes) is 1. The van der Waals surface area contributed by atoms with Crippen molar-refractivity contribution in [2.24, 2.45) is 0 Å². The molecular formula is C13H18N2O3. The highest BCUT2D eigenvalue weighted by Crippen LogP contribution is 2.23. The Morgan fingerprint density at radius 1 is 1.39 bits per heavy atom. The Hall–Kier alpha value is -1.91. The zero-order chi connectivity index (χ0) is 13.5. The molecule has 0 spiro atoms. The highest BCUT2D eigenvalue weighted by Gasteiger charge is 2.13. The molecule has 1 amide bonds. The summed E-state index contributed by atoms with van der Waals surface area (Å²) in [4.78, 5) is 22.0. The lowest BCUT2D eigenvalue weighted by Crippen LogP contribution is -2.11. The van der Waals surface area contributed by atoms with E-state index in [1.54, 1.807) is 12.1 Å². The van der Waals surface area contributed by atoms with E-state index in [1.807, 2.05) is 13.8 Å². The van der Waals surface area contributed by atoms with E-state index in [9.17, 15) is 14.9 Å². The number of amides is 1. The van der Waals surface area contributed by atoms with E-state index >= 15 is 0 Å². The van der Waals surface area contributed by atoms with Gasteiger partial charge in [0.25, 0.3) is 5.69 Å². The Kier molecular flexibility index (Phi) is 5.30. The van der Waals surface area contributed by atoms with Crippen molar-refractivity contribution in [3.8, 4) is 0 Å². The van der Waals surface area contributed by atoms with Crippen LogP contribution in [0.25, 0.3) is 0 Å². The Morgan fingerprint density at radius 2 is 2.11 bits per heavy atom. The zero-order valence-corrected chi connectivity index (χ0v) is 10.7. The van der Waals surface area contributed by atoms with E-state index in [0.29, 0.717) is 24.1 Å². The normalized spacial score (nSPS) is 10.1. The van der Waals surface area contributed by atoms with Gasteiger partial charge in [-0.2, -0.15) is 0 Å². The second-order valence-electron chi connectivity index (χ2n) is 4.11. The summed E-state index contributed by atoms with van der Waals surface area (Å²) >= 11 is 0. The van der Waals surface area contributed by atoms with Crippen molar-refractivity contribution < 1.29 is 9.72 Å². The van der Waals surface area contributed by atoms with Gasteiger partial charge < -0.3 is 5.32 Å². The molecular weight excluding hydrogens is 232 g/mol. The Balaban J connectivity index is 2.82. The number of anilines is 1. The lowest BCUT2D eigenvalue weighted by atomic mass is 10.1. The fourth-order valence-electron chi connectivity index (χ4n) is 1.67. The summed E-state index contributed by atoms with van der Waals surface area (Å²) in [5.74, 6) is -0.101. The fraction of sp³-hybridized carbons (Fsp3) is 0.462. The number of hydrogen-bond donors (Lipinski definition) is 1. The number of aryl methyl sites for hydroxylation is 1. The molecule has 0 unspecified atom stereocenters. The molecule has 5 heteroatoms. The van der Waals surface area contributed by atoms with Crippen LogP contribution in [-0.2, 0) is 11.2 Å². The molecule has 0 heterocycles. The van der Waals surface area contributed by atoms with Crippen LogP contribution < -0.4 is 5.32 Å². The van der Waals surface area contributed by atoms with Crippen LogP contribution >= 0.6 is 0 Å². The van der Waals surface area contributed by atoms with Gasteiger partial charge in [-0.25, -0.2) is 0 Å². The summed E-state index contributed by atoms with van der Waals surface area (Å²) in [6, 6.07) is 4.81. The maximum atomic E-state index is 11.5. The van der Waals surface area contributed by atoms with Crippen LogP contribution in [0.4, 0.5) is 11.4 Å². The summed E-state index contributed by atoms with van der Waals surface area (Å²) < 4.78 is 0. The van der Waals surface area contributed by atoms with Crippen molar-refractivity contribution in [2.75, 3.05) is 5.32 Å². The van der Waals surface area contributed by atoms with E-state index in [2.05, 4.69) is 5.32 Å².